The van der Waals surface area contributed by atoms with Crippen LogP contribution in [0, 0.1) is 18.8 Å². The first kappa shape index (κ1) is 14.0. The highest BCUT2D eigenvalue weighted by Gasteiger charge is 2.26. The lowest BCUT2D eigenvalue weighted by Crippen LogP contribution is -2.38. The summed E-state index contributed by atoms with van der Waals surface area (Å²) in [6, 6.07) is 1.80. The molecule has 0 aromatic carbocycles. The summed E-state index contributed by atoms with van der Waals surface area (Å²) in [5, 5.41) is 14.3. The van der Waals surface area contributed by atoms with Crippen LogP contribution < -0.4 is 11.1 Å². The molecule has 4 N–H and O–H groups in total. The van der Waals surface area contributed by atoms with E-state index < -0.39 is 5.92 Å². The van der Waals surface area contributed by atoms with Gasteiger partial charge in [0.05, 0.1) is 11.9 Å². The van der Waals surface area contributed by atoms with Crippen LogP contribution in [-0.4, -0.2) is 21.9 Å². The summed E-state index contributed by atoms with van der Waals surface area (Å²) >= 11 is 0. The van der Waals surface area contributed by atoms with Gasteiger partial charge in [-0.05, 0) is 24.5 Å². The van der Waals surface area contributed by atoms with Crippen LogP contribution in [0.5, 0.6) is 0 Å². The maximum Gasteiger partial charge on any atom is 0.235 e. The minimum absolute atomic E-state index is 0.0707. The molecular weight excluding hydrogens is 232 g/mol. The van der Waals surface area contributed by atoms with Crippen LogP contribution in [-0.2, 0) is 4.79 Å². The Morgan fingerprint density at radius 1 is 1.50 bits per heavy atom. The summed E-state index contributed by atoms with van der Waals surface area (Å²) in [6.45, 7) is 5.54. The first-order valence-electron chi connectivity index (χ1n) is 5.65. The number of hydrogen-bond acceptors (Lipinski definition) is 4. The van der Waals surface area contributed by atoms with Crippen molar-refractivity contribution < 1.29 is 10.0 Å². The minimum Gasteiger partial charge on any atom is -0.409 e. The van der Waals surface area contributed by atoms with Gasteiger partial charge in [0.25, 0.3) is 0 Å². The Hall–Kier alpha value is -2.11. The number of amides is 1. The number of carbonyl (C=O) groups excluding carboxylic acids is 1. The Bertz CT molecular complexity index is 457. The molecule has 0 bridgehead atoms. The average Bonchev–Trinajstić information content (AvgIpc) is 2.28. The van der Waals surface area contributed by atoms with Crippen LogP contribution in [0.2, 0.25) is 0 Å². The average molecular weight is 250 g/mol. The van der Waals surface area contributed by atoms with Gasteiger partial charge in [0.1, 0.15) is 5.92 Å². The van der Waals surface area contributed by atoms with Gasteiger partial charge in [0.15, 0.2) is 5.84 Å². The molecule has 0 aliphatic carbocycles. The molecule has 0 fully saturated rings. The van der Waals surface area contributed by atoms with E-state index in [1.54, 1.807) is 18.5 Å². The number of amidine groups is 1. The number of pyridine rings is 1. The number of nitrogens with zero attached hydrogens (tertiary/aromatic N) is 2. The molecule has 0 aliphatic rings. The summed E-state index contributed by atoms with van der Waals surface area (Å²) in [5.41, 5.74) is 7.06. The van der Waals surface area contributed by atoms with Gasteiger partial charge in [0, 0.05) is 6.20 Å². The van der Waals surface area contributed by atoms with Crippen LogP contribution in [0.4, 0.5) is 5.69 Å². The lowest BCUT2D eigenvalue weighted by atomic mass is 9.94. The first-order chi connectivity index (χ1) is 8.45. The number of oxime groups is 1. The van der Waals surface area contributed by atoms with Gasteiger partial charge < -0.3 is 16.3 Å². The van der Waals surface area contributed by atoms with Crippen molar-refractivity contribution in [2.45, 2.75) is 20.8 Å². The zero-order chi connectivity index (χ0) is 13.7. The lowest BCUT2D eigenvalue weighted by molar-refractivity contribution is -0.119. The standard InChI is InChI=1S/C12H18N4O2/c1-7(2)10(11(13)16-18)12(17)15-9-4-8(3)5-14-6-9/h4-7,10,18H,1-3H3,(H2,13,16)(H,15,17). The van der Waals surface area contributed by atoms with Crippen molar-refractivity contribution in [3.05, 3.63) is 24.0 Å². The van der Waals surface area contributed by atoms with Crippen molar-refractivity contribution in [1.29, 1.82) is 0 Å². The topological polar surface area (TPSA) is 101 Å². The number of aryl methyl sites for hydroxylation is 1. The third-order valence-corrected chi connectivity index (χ3v) is 2.53. The Morgan fingerprint density at radius 3 is 2.67 bits per heavy atom. The molecule has 1 atom stereocenters. The predicted molar refractivity (Wildman–Crippen MR) is 69.3 cm³/mol. The fourth-order valence-electron chi connectivity index (χ4n) is 1.68. The second-order valence-corrected chi connectivity index (χ2v) is 4.49. The van der Waals surface area contributed by atoms with Crippen LogP contribution >= 0.6 is 0 Å². The summed E-state index contributed by atoms with van der Waals surface area (Å²) in [5.74, 6) is -1.15. The van der Waals surface area contributed by atoms with E-state index in [2.05, 4.69) is 15.5 Å². The molecule has 1 amide bonds. The van der Waals surface area contributed by atoms with Crippen LogP contribution in [0.15, 0.2) is 23.6 Å². The van der Waals surface area contributed by atoms with E-state index >= 15 is 0 Å². The number of anilines is 1. The number of carbonyl (C=O) groups is 1. The number of aromatic nitrogens is 1. The predicted octanol–water partition coefficient (Wildman–Crippen LogP) is 1.35. The fourth-order valence-corrected chi connectivity index (χ4v) is 1.68. The third kappa shape index (κ3) is 3.44. The second-order valence-electron chi connectivity index (χ2n) is 4.49. The highest BCUT2D eigenvalue weighted by molar-refractivity contribution is 6.07. The molecule has 1 aromatic rings. The maximum atomic E-state index is 12.1. The Balaban J connectivity index is 2.86. The van der Waals surface area contributed by atoms with Gasteiger partial charge in [-0.2, -0.15) is 0 Å². The molecule has 1 unspecified atom stereocenters. The monoisotopic (exact) mass is 250 g/mol. The van der Waals surface area contributed by atoms with Crippen molar-refractivity contribution in [3.63, 3.8) is 0 Å². The first-order valence-corrected chi connectivity index (χ1v) is 5.65. The normalized spacial score (nSPS) is 13.4. The summed E-state index contributed by atoms with van der Waals surface area (Å²) in [4.78, 5) is 16.0. The number of hydrogen-bond donors (Lipinski definition) is 3. The van der Waals surface area contributed by atoms with Crippen molar-refractivity contribution in [1.82, 2.24) is 4.98 Å². The molecular formula is C12H18N4O2. The molecule has 18 heavy (non-hydrogen) atoms. The highest BCUT2D eigenvalue weighted by Crippen LogP contribution is 2.15. The van der Waals surface area contributed by atoms with E-state index in [4.69, 9.17) is 10.9 Å². The van der Waals surface area contributed by atoms with Gasteiger partial charge in [0.2, 0.25) is 5.91 Å². The fraction of sp³-hybridized carbons (Fsp3) is 0.417. The zero-order valence-electron chi connectivity index (χ0n) is 10.7. The van der Waals surface area contributed by atoms with Crippen LogP contribution in [0.25, 0.3) is 0 Å². The largest absolute Gasteiger partial charge is 0.409 e. The van der Waals surface area contributed by atoms with E-state index in [9.17, 15) is 4.79 Å². The molecule has 0 saturated carbocycles. The summed E-state index contributed by atoms with van der Waals surface area (Å²) in [6.07, 6.45) is 3.24. The molecule has 6 heteroatoms. The van der Waals surface area contributed by atoms with E-state index in [1.165, 1.54) is 0 Å². The van der Waals surface area contributed by atoms with E-state index in [-0.39, 0.29) is 17.7 Å². The van der Waals surface area contributed by atoms with Gasteiger partial charge in [-0.1, -0.05) is 19.0 Å². The Kier molecular flexibility index (Phi) is 4.65. The van der Waals surface area contributed by atoms with E-state index in [0.29, 0.717) is 5.69 Å². The number of nitrogens with one attached hydrogen (secondary N) is 1. The van der Waals surface area contributed by atoms with E-state index in [0.717, 1.165) is 5.56 Å². The quantitative estimate of drug-likeness (QED) is 0.325. The molecule has 0 saturated heterocycles. The van der Waals surface area contributed by atoms with Crippen molar-refractivity contribution >= 4 is 17.4 Å². The summed E-state index contributed by atoms with van der Waals surface area (Å²) in [7, 11) is 0. The Labute approximate surface area is 106 Å². The van der Waals surface area contributed by atoms with Gasteiger partial charge in [-0.3, -0.25) is 9.78 Å². The number of rotatable bonds is 4. The molecule has 6 nitrogen and oxygen atoms in total. The van der Waals surface area contributed by atoms with Gasteiger partial charge >= 0.3 is 0 Å². The zero-order valence-corrected chi connectivity index (χ0v) is 10.7. The molecule has 0 aliphatic heterocycles. The molecule has 0 radical (unpaired) electrons. The SMILES string of the molecule is Cc1cncc(NC(=O)C(/C(N)=N/O)C(C)C)c1. The smallest absolute Gasteiger partial charge is 0.235 e. The summed E-state index contributed by atoms with van der Waals surface area (Å²) < 4.78 is 0. The number of nitrogens with two attached hydrogens (primary N) is 1. The van der Waals surface area contributed by atoms with Crippen LogP contribution in [0.1, 0.15) is 19.4 Å². The molecule has 1 heterocycles. The van der Waals surface area contributed by atoms with Crippen molar-refractivity contribution in [2.24, 2.45) is 22.7 Å². The van der Waals surface area contributed by atoms with Crippen LogP contribution in [0.3, 0.4) is 0 Å². The molecule has 98 valence electrons. The third-order valence-electron chi connectivity index (χ3n) is 2.53. The molecule has 1 rings (SSSR count). The van der Waals surface area contributed by atoms with E-state index in [1.807, 2.05) is 20.8 Å². The van der Waals surface area contributed by atoms with Crippen molar-refractivity contribution in [2.75, 3.05) is 5.32 Å². The second kappa shape index (κ2) is 6.00. The van der Waals surface area contributed by atoms with Gasteiger partial charge in [-0.25, -0.2) is 0 Å². The molecule has 1 aromatic heterocycles. The highest BCUT2D eigenvalue weighted by atomic mass is 16.4. The van der Waals surface area contributed by atoms with Crippen molar-refractivity contribution in [3.8, 4) is 0 Å². The Morgan fingerprint density at radius 2 is 2.17 bits per heavy atom. The lowest BCUT2D eigenvalue weighted by Gasteiger charge is -2.18. The minimum atomic E-state index is -0.671. The maximum absolute atomic E-state index is 12.1. The molecule has 0 spiro atoms. The van der Waals surface area contributed by atoms with Gasteiger partial charge in [-0.15, -0.1) is 0 Å².